The molecule has 0 aliphatic carbocycles. The molecule has 0 aromatic heterocycles. The van der Waals surface area contributed by atoms with Crippen molar-refractivity contribution < 1.29 is 0 Å². The van der Waals surface area contributed by atoms with Gasteiger partial charge in [-0.25, -0.2) is 0 Å². The van der Waals surface area contributed by atoms with Crippen LogP contribution >= 0.6 is 0 Å². The van der Waals surface area contributed by atoms with E-state index in [9.17, 15) is 0 Å². The summed E-state index contributed by atoms with van der Waals surface area (Å²) in [5.41, 5.74) is 0.508. The lowest BCUT2D eigenvalue weighted by Crippen LogP contribution is -2.11. The van der Waals surface area contributed by atoms with E-state index in [0.717, 1.165) is 17.8 Å². The van der Waals surface area contributed by atoms with Crippen LogP contribution in [-0.2, 0) is 0 Å². The zero-order valence-corrected chi connectivity index (χ0v) is 12.8. The minimum absolute atomic E-state index is 0.508. The molecule has 0 nitrogen and oxygen atoms in total. The third-order valence-electron chi connectivity index (χ3n) is 3.69. The Labute approximate surface area is 104 Å². The van der Waals surface area contributed by atoms with Gasteiger partial charge in [0.1, 0.15) is 0 Å². The summed E-state index contributed by atoms with van der Waals surface area (Å²) in [6.07, 6.45) is 6.93. The first-order chi connectivity index (χ1) is 7.24. The quantitative estimate of drug-likeness (QED) is 0.506. The molecule has 16 heavy (non-hydrogen) atoms. The smallest absolute Gasteiger partial charge is 0.0383 e. The maximum absolute atomic E-state index is 2.43. The Morgan fingerprint density at radius 1 is 0.812 bits per heavy atom. The lowest BCUT2D eigenvalue weighted by atomic mass is 9.82. The summed E-state index contributed by atoms with van der Waals surface area (Å²) < 4.78 is 0. The average Bonchev–Trinajstić information content (AvgIpc) is 2.13. The van der Waals surface area contributed by atoms with Gasteiger partial charge in [0.05, 0.1) is 0 Å². The van der Waals surface area contributed by atoms with Crippen LogP contribution in [0.3, 0.4) is 0 Å². The first-order valence-corrected chi connectivity index (χ1v) is 7.24. The van der Waals surface area contributed by atoms with Gasteiger partial charge in [-0.15, -0.1) is 0 Å². The Bertz CT molecular complexity index is 163. The highest BCUT2D eigenvalue weighted by Gasteiger charge is 2.15. The van der Waals surface area contributed by atoms with Crippen molar-refractivity contribution in [3.63, 3.8) is 0 Å². The van der Waals surface area contributed by atoms with Crippen LogP contribution in [0.5, 0.6) is 0 Å². The van der Waals surface area contributed by atoms with E-state index >= 15 is 0 Å². The highest BCUT2D eigenvalue weighted by atomic mass is 14.2. The molecule has 0 aromatic carbocycles. The van der Waals surface area contributed by atoms with Gasteiger partial charge in [-0.1, -0.05) is 61.3 Å². The molecule has 0 rings (SSSR count). The second-order valence-corrected chi connectivity index (χ2v) is 7.29. The summed E-state index contributed by atoms with van der Waals surface area (Å²) in [7, 11) is 0. The summed E-state index contributed by atoms with van der Waals surface area (Å²) >= 11 is 0. The molecule has 0 amide bonds. The molecule has 98 valence electrons. The van der Waals surface area contributed by atoms with Crippen molar-refractivity contribution in [2.75, 3.05) is 0 Å². The Morgan fingerprint density at radius 3 is 1.75 bits per heavy atom. The van der Waals surface area contributed by atoms with Crippen LogP contribution in [0, 0.1) is 23.2 Å². The fraction of sp³-hybridized carbons (Fsp3) is 1.00. The monoisotopic (exact) mass is 226 g/mol. The Hall–Kier alpha value is 0. The van der Waals surface area contributed by atoms with Crippen molar-refractivity contribution >= 4 is 0 Å². The van der Waals surface area contributed by atoms with Crippen LogP contribution in [0.4, 0.5) is 0 Å². The number of rotatable bonds is 7. The SMILES string of the molecule is CCC(C)CC(C)CC(C)CCC(C)(C)C. The Balaban J connectivity index is 3.74. The molecule has 0 aromatic rings. The molecule has 0 saturated heterocycles. The van der Waals surface area contributed by atoms with Crippen molar-refractivity contribution in [2.45, 2.75) is 80.6 Å². The zero-order valence-electron chi connectivity index (χ0n) is 12.8. The fourth-order valence-electron chi connectivity index (χ4n) is 2.43. The second-order valence-electron chi connectivity index (χ2n) is 7.29. The zero-order chi connectivity index (χ0) is 12.8. The maximum Gasteiger partial charge on any atom is -0.0383 e. The van der Waals surface area contributed by atoms with Crippen molar-refractivity contribution in [1.29, 1.82) is 0 Å². The molecule has 3 unspecified atom stereocenters. The van der Waals surface area contributed by atoms with Gasteiger partial charge in [-0.3, -0.25) is 0 Å². The Morgan fingerprint density at radius 2 is 1.31 bits per heavy atom. The van der Waals surface area contributed by atoms with Crippen LogP contribution in [0.1, 0.15) is 80.6 Å². The topological polar surface area (TPSA) is 0 Å². The van der Waals surface area contributed by atoms with E-state index in [-0.39, 0.29) is 0 Å². The summed E-state index contributed by atoms with van der Waals surface area (Å²) in [4.78, 5) is 0. The summed E-state index contributed by atoms with van der Waals surface area (Å²) in [5.74, 6) is 2.72. The van der Waals surface area contributed by atoms with Crippen LogP contribution in [0.15, 0.2) is 0 Å². The van der Waals surface area contributed by atoms with Crippen LogP contribution < -0.4 is 0 Å². The van der Waals surface area contributed by atoms with Gasteiger partial charge in [0, 0.05) is 0 Å². The highest BCUT2D eigenvalue weighted by molar-refractivity contribution is 4.67. The van der Waals surface area contributed by atoms with E-state index in [1.54, 1.807) is 0 Å². The predicted molar refractivity (Wildman–Crippen MR) is 75.7 cm³/mol. The largest absolute Gasteiger partial charge is 0.0651 e. The lowest BCUT2D eigenvalue weighted by molar-refractivity contribution is 0.285. The molecule has 0 spiro atoms. The van der Waals surface area contributed by atoms with Gasteiger partial charge in [-0.2, -0.15) is 0 Å². The second kappa shape index (κ2) is 7.35. The van der Waals surface area contributed by atoms with Gasteiger partial charge in [0.15, 0.2) is 0 Å². The van der Waals surface area contributed by atoms with E-state index in [2.05, 4.69) is 48.5 Å². The standard InChI is InChI=1S/C16H34/c1-8-13(2)11-15(4)12-14(3)9-10-16(5,6)7/h13-15H,8-12H2,1-7H3. The average molecular weight is 226 g/mol. The molecule has 0 bridgehead atoms. The van der Waals surface area contributed by atoms with E-state index < -0.39 is 0 Å². The molecular formula is C16H34. The first kappa shape index (κ1) is 16.0. The van der Waals surface area contributed by atoms with Crippen molar-refractivity contribution in [2.24, 2.45) is 23.2 Å². The lowest BCUT2D eigenvalue weighted by Gasteiger charge is -2.23. The van der Waals surface area contributed by atoms with Crippen LogP contribution in [0.25, 0.3) is 0 Å². The van der Waals surface area contributed by atoms with Crippen molar-refractivity contribution in [1.82, 2.24) is 0 Å². The normalized spacial score (nSPS) is 18.2. The summed E-state index contributed by atoms with van der Waals surface area (Å²) in [6.45, 7) is 16.6. The molecule has 0 heterocycles. The minimum atomic E-state index is 0.508. The third-order valence-corrected chi connectivity index (χ3v) is 3.69. The predicted octanol–water partition coefficient (Wildman–Crippen LogP) is 5.91. The van der Waals surface area contributed by atoms with Crippen LogP contribution in [-0.4, -0.2) is 0 Å². The van der Waals surface area contributed by atoms with E-state index in [0.29, 0.717) is 5.41 Å². The number of hydrogen-bond donors (Lipinski definition) is 0. The van der Waals surface area contributed by atoms with Crippen molar-refractivity contribution in [3.8, 4) is 0 Å². The maximum atomic E-state index is 2.43. The minimum Gasteiger partial charge on any atom is -0.0651 e. The fourth-order valence-corrected chi connectivity index (χ4v) is 2.43. The van der Waals surface area contributed by atoms with Gasteiger partial charge in [0.25, 0.3) is 0 Å². The van der Waals surface area contributed by atoms with E-state index in [4.69, 9.17) is 0 Å². The van der Waals surface area contributed by atoms with Crippen molar-refractivity contribution in [3.05, 3.63) is 0 Å². The first-order valence-electron chi connectivity index (χ1n) is 7.24. The molecule has 0 aliphatic rings. The summed E-state index contributed by atoms with van der Waals surface area (Å²) in [5, 5.41) is 0. The molecule has 0 saturated carbocycles. The molecule has 0 fully saturated rings. The van der Waals surface area contributed by atoms with Gasteiger partial charge in [-0.05, 0) is 42.4 Å². The molecule has 0 aliphatic heterocycles. The molecule has 0 radical (unpaired) electrons. The molecular weight excluding hydrogens is 192 g/mol. The number of hydrogen-bond acceptors (Lipinski definition) is 0. The molecule has 0 N–H and O–H groups in total. The molecule has 3 atom stereocenters. The highest BCUT2D eigenvalue weighted by Crippen LogP contribution is 2.28. The van der Waals surface area contributed by atoms with Gasteiger partial charge in [0.2, 0.25) is 0 Å². The van der Waals surface area contributed by atoms with E-state index in [1.165, 1.54) is 32.1 Å². The molecule has 0 heteroatoms. The van der Waals surface area contributed by atoms with Gasteiger partial charge < -0.3 is 0 Å². The Kier molecular flexibility index (Phi) is 7.35. The van der Waals surface area contributed by atoms with Gasteiger partial charge >= 0.3 is 0 Å². The van der Waals surface area contributed by atoms with E-state index in [1.807, 2.05) is 0 Å². The summed E-state index contributed by atoms with van der Waals surface area (Å²) in [6, 6.07) is 0. The third kappa shape index (κ3) is 9.24. The van der Waals surface area contributed by atoms with Crippen LogP contribution in [0.2, 0.25) is 0 Å².